The maximum Gasteiger partial charge on any atom is 0.270 e. The van der Waals surface area contributed by atoms with Gasteiger partial charge in [-0.1, -0.05) is 6.07 Å². The summed E-state index contributed by atoms with van der Waals surface area (Å²) in [7, 11) is 0. The number of fused-ring (bicyclic) bond motifs is 2. The summed E-state index contributed by atoms with van der Waals surface area (Å²) in [4.78, 5) is 87.2. The van der Waals surface area contributed by atoms with Gasteiger partial charge in [0.05, 0.1) is 17.5 Å². The SMILES string of the molecule is Cc1cccc(C(=O)NC2CC(n3cnc4c(NC5CCN(CC6CCN(c7ccc8c(c7)C(=O)N([C@H]7CCC(=O)NC7=O)C8=O)CC6)CC5)ncnc43)C2)n1. The summed E-state index contributed by atoms with van der Waals surface area (Å²) in [5.41, 5.74) is 4.35. The lowest BCUT2D eigenvalue weighted by Gasteiger charge is -2.38. The standard InChI is InChI=1S/C40H45N11O5/c1-23-3-2-4-31(44-23)37(53)46-26-17-28(18-26)50-22-43-34-35(41-21-42-36(34)50)45-25-11-13-48(14-12-25)20-24-9-15-49(16-10-24)27-5-6-29-30(19-27)40(56)51(39(29)55)32-7-8-33(52)47-38(32)54/h2-6,19,21-22,24-26,28,32H,7-18,20H2,1H3,(H,46,53)(H,41,42,45)(H,47,52,54)/t26?,28?,32-/m0/s1. The van der Waals surface area contributed by atoms with Crippen molar-refractivity contribution in [3.05, 3.63) is 71.6 Å². The molecule has 1 atom stereocenters. The fourth-order valence-corrected chi connectivity index (χ4v) is 8.93. The Morgan fingerprint density at radius 3 is 2.43 bits per heavy atom. The van der Waals surface area contributed by atoms with E-state index < -0.39 is 23.8 Å². The Balaban J connectivity index is 0.735. The predicted octanol–water partition coefficient (Wildman–Crippen LogP) is 2.86. The summed E-state index contributed by atoms with van der Waals surface area (Å²) >= 11 is 0. The van der Waals surface area contributed by atoms with Crippen LogP contribution in [0.3, 0.4) is 0 Å². The number of carbonyl (C=O) groups excluding carboxylic acids is 5. The number of rotatable bonds is 9. The Bertz CT molecular complexity index is 2220. The number of benzene rings is 1. The number of aromatic nitrogens is 5. The average molecular weight is 760 g/mol. The Labute approximate surface area is 323 Å². The summed E-state index contributed by atoms with van der Waals surface area (Å²) in [6.45, 7) is 6.64. The molecule has 3 aromatic heterocycles. The fourth-order valence-electron chi connectivity index (χ4n) is 8.93. The smallest absolute Gasteiger partial charge is 0.270 e. The molecular formula is C40H45N11O5. The zero-order chi connectivity index (χ0) is 38.5. The zero-order valence-electron chi connectivity index (χ0n) is 31.3. The maximum atomic E-state index is 13.3. The van der Waals surface area contributed by atoms with E-state index in [0.717, 1.165) is 105 Å². The van der Waals surface area contributed by atoms with E-state index in [4.69, 9.17) is 4.98 Å². The minimum absolute atomic E-state index is 0.0794. The topological polar surface area (TPSA) is 188 Å². The molecule has 7 heterocycles. The molecule has 16 heteroatoms. The molecule has 4 aliphatic heterocycles. The van der Waals surface area contributed by atoms with Gasteiger partial charge in [0.1, 0.15) is 23.6 Å². The second kappa shape index (κ2) is 14.7. The van der Waals surface area contributed by atoms with Crippen molar-refractivity contribution in [1.29, 1.82) is 0 Å². The van der Waals surface area contributed by atoms with Crippen molar-refractivity contribution in [1.82, 2.24) is 44.9 Å². The molecule has 4 aromatic rings. The van der Waals surface area contributed by atoms with E-state index in [-0.39, 0.29) is 42.8 Å². The molecule has 290 valence electrons. The molecule has 3 N–H and O–H groups in total. The van der Waals surface area contributed by atoms with Crippen LogP contribution < -0.4 is 20.9 Å². The van der Waals surface area contributed by atoms with E-state index in [1.54, 1.807) is 24.5 Å². The van der Waals surface area contributed by atoms with E-state index in [9.17, 15) is 24.0 Å². The van der Waals surface area contributed by atoms with Crippen LogP contribution in [0.4, 0.5) is 11.5 Å². The molecule has 4 fully saturated rings. The first-order valence-corrected chi connectivity index (χ1v) is 19.7. The van der Waals surface area contributed by atoms with E-state index in [2.05, 4.69) is 45.3 Å². The lowest BCUT2D eigenvalue weighted by molar-refractivity contribution is -0.136. The minimum atomic E-state index is -0.966. The van der Waals surface area contributed by atoms with Crippen molar-refractivity contribution in [3.63, 3.8) is 0 Å². The number of nitrogens with one attached hydrogen (secondary N) is 3. The molecule has 5 aliphatic rings. The van der Waals surface area contributed by atoms with Gasteiger partial charge in [-0.2, -0.15) is 0 Å². The lowest BCUT2D eigenvalue weighted by atomic mass is 9.86. The Morgan fingerprint density at radius 1 is 0.875 bits per heavy atom. The van der Waals surface area contributed by atoms with Crippen LogP contribution in [0.15, 0.2) is 49.1 Å². The van der Waals surface area contributed by atoms with Crippen LogP contribution in [0.2, 0.25) is 0 Å². The van der Waals surface area contributed by atoms with Crippen molar-refractivity contribution in [2.24, 2.45) is 5.92 Å². The number of likely N-dealkylation sites (tertiary alicyclic amines) is 1. The third-order valence-electron chi connectivity index (χ3n) is 12.2. The minimum Gasteiger partial charge on any atom is -0.371 e. The number of anilines is 2. The highest BCUT2D eigenvalue weighted by Gasteiger charge is 2.45. The lowest BCUT2D eigenvalue weighted by Crippen LogP contribution is -2.54. The van der Waals surface area contributed by atoms with Gasteiger partial charge in [0.15, 0.2) is 11.5 Å². The second-order valence-corrected chi connectivity index (χ2v) is 15.8. The van der Waals surface area contributed by atoms with E-state index >= 15 is 0 Å². The van der Waals surface area contributed by atoms with Crippen LogP contribution in [-0.4, -0.2) is 115 Å². The van der Waals surface area contributed by atoms with Crippen molar-refractivity contribution in [3.8, 4) is 0 Å². The number of piperidine rings is 3. The van der Waals surface area contributed by atoms with Crippen LogP contribution in [-0.2, 0) is 9.59 Å². The fraction of sp³-hybridized carbons (Fsp3) is 0.475. The van der Waals surface area contributed by atoms with Gasteiger partial charge in [0, 0.05) is 68.7 Å². The van der Waals surface area contributed by atoms with Gasteiger partial charge in [-0.25, -0.2) is 19.9 Å². The molecular weight excluding hydrogens is 715 g/mol. The van der Waals surface area contributed by atoms with Crippen LogP contribution in [0.5, 0.6) is 0 Å². The summed E-state index contributed by atoms with van der Waals surface area (Å²) in [5.74, 6) is -0.764. The molecule has 1 aliphatic carbocycles. The average Bonchev–Trinajstić information content (AvgIpc) is 3.72. The first-order chi connectivity index (χ1) is 27.2. The van der Waals surface area contributed by atoms with Crippen LogP contribution in [0.25, 0.3) is 11.2 Å². The third kappa shape index (κ3) is 6.86. The van der Waals surface area contributed by atoms with Crippen LogP contribution >= 0.6 is 0 Å². The number of aryl methyl sites for hydroxylation is 1. The molecule has 0 bridgehead atoms. The highest BCUT2D eigenvalue weighted by molar-refractivity contribution is 6.23. The van der Waals surface area contributed by atoms with Gasteiger partial charge in [-0.3, -0.25) is 34.2 Å². The Hall–Kier alpha value is -5.77. The molecule has 16 nitrogen and oxygen atoms in total. The van der Waals surface area contributed by atoms with Crippen molar-refractivity contribution < 1.29 is 24.0 Å². The van der Waals surface area contributed by atoms with E-state index in [0.29, 0.717) is 22.7 Å². The summed E-state index contributed by atoms with van der Waals surface area (Å²) < 4.78 is 2.10. The number of carbonyl (C=O) groups is 5. The van der Waals surface area contributed by atoms with Gasteiger partial charge in [0.2, 0.25) is 11.8 Å². The molecule has 1 saturated carbocycles. The van der Waals surface area contributed by atoms with Gasteiger partial charge in [-0.15, -0.1) is 0 Å². The molecule has 3 saturated heterocycles. The zero-order valence-corrected chi connectivity index (χ0v) is 31.3. The van der Waals surface area contributed by atoms with E-state index in [1.165, 1.54) is 0 Å². The molecule has 0 spiro atoms. The third-order valence-corrected chi connectivity index (χ3v) is 12.2. The molecule has 1 aromatic carbocycles. The number of imide groups is 2. The molecule has 56 heavy (non-hydrogen) atoms. The largest absolute Gasteiger partial charge is 0.371 e. The highest BCUT2D eigenvalue weighted by Crippen LogP contribution is 2.36. The Morgan fingerprint density at radius 2 is 1.66 bits per heavy atom. The summed E-state index contributed by atoms with van der Waals surface area (Å²) in [6, 6.07) is 10.4. The first-order valence-electron chi connectivity index (χ1n) is 19.7. The van der Waals surface area contributed by atoms with Gasteiger partial charge in [-0.05, 0) is 88.1 Å². The van der Waals surface area contributed by atoms with E-state index in [1.807, 2.05) is 31.5 Å². The summed E-state index contributed by atoms with van der Waals surface area (Å²) in [5, 5.41) is 9.01. The van der Waals surface area contributed by atoms with Crippen molar-refractivity contribution in [2.75, 3.05) is 42.9 Å². The summed E-state index contributed by atoms with van der Waals surface area (Å²) in [6.07, 6.45) is 9.35. The van der Waals surface area contributed by atoms with Gasteiger partial charge in [0.25, 0.3) is 17.7 Å². The van der Waals surface area contributed by atoms with Gasteiger partial charge < -0.3 is 25.0 Å². The predicted molar refractivity (Wildman–Crippen MR) is 205 cm³/mol. The maximum absolute atomic E-state index is 13.3. The van der Waals surface area contributed by atoms with Crippen molar-refractivity contribution in [2.45, 2.75) is 82.5 Å². The van der Waals surface area contributed by atoms with Gasteiger partial charge >= 0.3 is 0 Å². The normalized spacial score (nSPS) is 23.6. The first kappa shape index (κ1) is 35.9. The number of hydrogen-bond acceptors (Lipinski definition) is 12. The number of nitrogens with zero attached hydrogens (tertiary/aromatic N) is 8. The molecule has 0 unspecified atom stereocenters. The number of hydrogen-bond donors (Lipinski definition) is 3. The second-order valence-electron chi connectivity index (χ2n) is 15.8. The number of imidazole rings is 1. The monoisotopic (exact) mass is 759 g/mol. The number of amides is 5. The quantitative estimate of drug-likeness (QED) is 0.212. The van der Waals surface area contributed by atoms with Crippen LogP contribution in [0.1, 0.15) is 94.3 Å². The molecule has 5 amide bonds. The molecule has 9 rings (SSSR count). The molecule has 0 radical (unpaired) electrons. The Kier molecular flexibility index (Phi) is 9.43. The highest BCUT2D eigenvalue weighted by atomic mass is 16.2. The van der Waals surface area contributed by atoms with Crippen molar-refractivity contribution >= 4 is 52.2 Å². The number of pyridine rings is 1. The van der Waals surface area contributed by atoms with Crippen LogP contribution in [0, 0.1) is 12.8 Å².